The summed E-state index contributed by atoms with van der Waals surface area (Å²) in [5, 5.41) is 3.08. The van der Waals surface area contributed by atoms with Crippen LogP contribution in [0.15, 0.2) is 78.0 Å². The van der Waals surface area contributed by atoms with Crippen molar-refractivity contribution in [1.82, 2.24) is 15.1 Å². The number of nitrogens with zero attached hydrogens (tertiary/aromatic N) is 3. The third-order valence-electron chi connectivity index (χ3n) is 7.04. The summed E-state index contributed by atoms with van der Waals surface area (Å²) in [6.45, 7) is 12.7. The topological polar surface area (TPSA) is 57.2 Å². The summed E-state index contributed by atoms with van der Waals surface area (Å²) < 4.78 is 20.8. The number of halogens is 1. The molecular weight excluding hydrogens is 467 g/mol. The Hall–Kier alpha value is -3.29. The minimum absolute atomic E-state index is 0.0508. The smallest absolute Gasteiger partial charge is 0.251 e. The monoisotopic (exact) mass is 504 g/mol. The molecule has 0 bridgehead atoms. The summed E-state index contributed by atoms with van der Waals surface area (Å²) in [6, 6.07) is 15.0. The Balaban J connectivity index is 1.21. The van der Waals surface area contributed by atoms with Crippen LogP contribution in [0.5, 0.6) is 5.75 Å². The van der Waals surface area contributed by atoms with Crippen molar-refractivity contribution in [3.63, 3.8) is 0 Å². The number of amides is 1. The fourth-order valence-electron chi connectivity index (χ4n) is 4.95. The van der Waals surface area contributed by atoms with Gasteiger partial charge in [-0.1, -0.05) is 36.9 Å². The highest BCUT2D eigenvalue weighted by molar-refractivity contribution is 5.94. The Morgan fingerprint density at radius 2 is 1.76 bits per heavy atom. The van der Waals surface area contributed by atoms with Crippen LogP contribution in [0.2, 0.25) is 0 Å². The zero-order valence-corrected chi connectivity index (χ0v) is 21.4. The van der Waals surface area contributed by atoms with Crippen LogP contribution in [0, 0.1) is 5.82 Å². The Morgan fingerprint density at radius 1 is 1.05 bits per heavy atom. The maximum atomic E-state index is 14.8. The van der Waals surface area contributed by atoms with Crippen LogP contribution in [-0.4, -0.2) is 67.3 Å². The summed E-state index contributed by atoms with van der Waals surface area (Å²) in [7, 11) is 0. The number of nitrogens with one attached hydrogen (secondary N) is 1. The van der Waals surface area contributed by atoms with Crippen molar-refractivity contribution in [1.29, 1.82) is 0 Å². The molecule has 0 aromatic heterocycles. The molecule has 0 radical (unpaired) electrons. The highest BCUT2D eigenvalue weighted by Crippen LogP contribution is 2.24. The zero-order valence-electron chi connectivity index (χ0n) is 21.4. The summed E-state index contributed by atoms with van der Waals surface area (Å²) in [4.78, 5) is 21.2. The lowest BCUT2D eigenvalue weighted by atomic mass is 10.0. The molecular formula is C30H37FN4O2. The predicted molar refractivity (Wildman–Crippen MR) is 147 cm³/mol. The molecule has 2 aliphatic rings. The van der Waals surface area contributed by atoms with Gasteiger partial charge in [-0.05, 0) is 67.8 Å². The van der Waals surface area contributed by atoms with Gasteiger partial charge in [0.15, 0.2) is 11.6 Å². The quantitative estimate of drug-likeness (QED) is 0.372. The molecule has 0 saturated carbocycles. The number of benzene rings is 2. The van der Waals surface area contributed by atoms with E-state index in [2.05, 4.69) is 57.7 Å². The van der Waals surface area contributed by atoms with Gasteiger partial charge in [0, 0.05) is 57.1 Å². The molecule has 2 saturated heterocycles. The van der Waals surface area contributed by atoms with Crippen molar-refractivity contribution >= 4 is 12.6 Å². The van der Waals surface area contributed by atoms with Crippen LogP contribution < -0.4 is 10.1 Å². The van der Waals surface area contributed by atoms with E-state index in [1.807, 2.05) is 12.1 Å². The van der Waals surface area contributed by atoms with E-state index in [0.29, 0.717) is 5.56 Å². The van der Waals surface area contributed by atoms with Gasteiger partial charge in [-0.2, -0.15) is 0 Å². The molecule has 0 aliphatic carbocycles. The van der Waals surface area contributed by atoms with Crippen LogP contribution in [0.25, 0.3) is 0 Å². The Bertz CT molecular complexity index is 1090. The van der Waals surface area contributed by atoms with Gasteiger partial charge in [-0.3, -0.25) is 19.6 Å². The van der Waals surface area contributed by atoms with E-state index in [4.69, 9.17) is 4.74 Å². The minimum atomic E-state index is -0.497. The van der Waals surface area contributed by atoms with Gasteiger partial charge < -0.3 is 10.1 Å². The predicted octanol–water partition coefficient (Wildman–Crippen LogP) is 4.83. The third-order valence-corrected chi connectivity index (χ3v) is 7.04. The summed E-state index contributed by atoms with van der Waals surface area (Å²) >= 11 is 0. The molecule has 2 fully saturated rings. The van der Waals surface area contributed by atoms with Gasteiger partial charge in [0.1, 0.15) is 6.10 Å². The first kappa shape index (κ1) is 26.8. The van der Waals surface area contributed by atoms with Crippen molar-refractivity contribution < 1.29 is 13.9 Å². The van der Waals surface area contributed by atoms with E-state index in [1.165, 1.54) is 11.6 Å². The number of aliphatic imine (C=N–C) groups is 1. The maximum Gasteiger partial charge on any atom is 0.251 e. The molecule has 1 amide bonds. The highest BCUT2D eigenvalue weighted by atomic mass is 19.1. The molecule has 0 unspecified atom stereocenters. The second kappa shape index (κ2) is 13.3. The van der Waals surface area contributed by atoms with Crippen molar-refractivity contribution in [3.8, 4) is 5.75 Å². The molecule has 2 heterocycles. The van der Waals surface area contributed by atoms with Crippen LogP contribution in [0.4, 0.5) is 4.39 Å². The number of piperidine rings is 2. The Labute approximate surface area is 219 Å². The summed E-state index contributed by atoms with van der Waals surface area (Å²) in [5.41, 5.74) is 2.60. The fourth-order valence-corrected chi connectivity index (χ4v) is 4.95. The normalized spacial score (nSPS) is 18.1. The van der Waals surface area contributed by atoms with Gasteiger partial charge in [0.25, 0.3) is 5.91 Å². The van der Waals surface area contributed by atoms with E-state index in [0.717, 1.165) is 70.5 Å². The number of carbonyl (C=O) groups is 1. The van der Waals surface area contributed by atoms with Crippen LogP contribution in [-0.2, 0) is 6.54 Å². The van der Waals surface area contributed by atoms with Gasteiger partial charge in [0.2, 0.25) is 0 Å². The first-order valence-corrected chi connectivity index (χ1v) is 13.1. The van der Waals surface area contributed by atoms with E-state index in [9.17, 15) is 9.18 Å². The molecule has 2 aliphatic heterocycles. The Morgan fingerprint density at radius 3 is 2.43 bits per heavy atom. The number of carbonyl (C=O) groups excluding carboxylic acids is 1. The standard InChI is InChI=1S/C30H37FN4O2/c1-23(10-15-32-2)21-34-18-13-27(14-19-34)37-29-9-8-25(20-28(29)31)30(36)33-26-11-16-35(17-12-26)22-24-6-4-3-5-7-24/h3-10,15,20,26-27H,1-2,11-14,16-19,21-22H2,(H,33,36)/b15-10-. The van der Waals surface area contributed by atoms with Gasteiger partial charge >= 0.3 is 0 Å². The molecule has 37 heavy (non-hydrogen) atoms. The van der Waals surface area contributed by atoms with Crippen molar-refractivity contribution in [3.05, 3.63) is 89.9 Å². The van der Waals surface area contributed by atoms with Crippen molar-refractivity contribution in [2.75, 3.05) is 32.7 Å². The van der Waals surface area contributed by atoms with E-state index in [-0.39, 0.29) is 23.8 Å². The number of likely N-dealkylation sites (tertiary alicyclic amines) is 2. The second-order valence-corrected chi connectivity index (χ2v) is 9.90. The van der Waals surface area contributed by atoms with Crippen LogP contribution in [0.1, 0.15) is 41.6 Å². The average molecular weight is 505 g/mol. The number of hydrogen-bond acceptors (Lipinski definition) is 5. The highest BCUT2D eigenvalue weighted by Gasteiger charge is 2.24. The molecule has 0 atom stereocenters. The van der Waals surface area contributed by atoms with Gasteiger partial charge in [-0.25, -0.2) is 4.39 Å². The number of hydrogen-bond donors (Lipinski definition) is 1. The summed E-state index contributed by atoms with van der Waals surface area (Å²) in [5.74, 6) is -0.530. The SMILES string of the molecule is C=N/C=C\C(=C)CN1CCC(Oc2ccc(C(=O)NC3CCN(Cc4ccccc4)CC3)cc2F)CC1. The molecule has 196 valence electrons. The fraction of sp³-hybridized carbons (Fsp3) is 0.400. The number of rotatable bonds is 10. The average Bonchev–Trinajstić information content (AvgIpc) is 2.91. The zero-order chi connectivity index (χ0) is 26.0. The molecule has 0 spiro atoms. The van der Waals surface area contributed by atoms with Gasteiger partial charge in [-0.15, -0.1) is 0 Å². The third kappa shape index (κ3) is 8.10. The lowest BCUT2D eigenvalue weighted by Crippen LogP contribution is -2.44. The molecule has 1 N–H and O–H groups in total. The minimum Gasteiger partial charge on any atom is -0.487 e. The second-order valence-electron chi connectivity index (χ2n) is 9.90. The van der Waals surface area contributed by atoms with Gasteiger partial charge in [0.05, 0.1) is 0 Å². The van der Waals surface area contributed by atoms with E-state index in [1.54, 1.807) is 18.3 Å². The first-order valence-electron chi connectivity index (χ1n) is 13.1. The molecule has 2 aromatic rings. The van der Waals surface area contributed by atoms with Crippen molar-refractivity contribution in [2.24, 2.45) is 4.99 Å². The van der Waals surface area contributed by atoms with Crippen molar-refractivity contribution in [2.45, 2.75) is 44.4 Å². The molecule has 2 aromatic carbocycles. The molecule has 4 rings (SSSR count). The molecule has 7 heteroatoms. The Kier molecular flexibility index (Phi) is 9.63. The largest absolute Gasteiger partial charge is 0.487 e. The lowest BCUT2D eigenvalue weighted by Gasteiger charge is -2.32. The lowest BCUT2D eigenvalue weighted by molar-refractivity contribution is 0.0907. The van der Waals surface area contributed by atoms with Crippen LogP contribution in [0.3, 0.4) is 0 Å². The first-order chi connectivity index (χ1) is 18.0. The van der Waals surface area contributed by atoms with Crippen LogP contribution >= 0.6 is 0 Å². The molecule has 6 nitrogen and oxygen atoms in total. The van der Waals surface area contributed by atoms with E-state index >= 15 is 0 Å². The maximum absolute atomic E-state index is 14.8. The van der Waals surface area contributed by atoms with E-state index < -0.39 is 5.82 Å². The summed E-state index contributed by atoms with van der Waals surface area (Å²) in [6.07, 6.45) is 6.83. The number of ether oxygens (including phenoxy) is 1.